The first-order chi connectivity index (χ1) is 17.3. The Bertz CT molecular complexity index is 886. The van der Waals surface area contributed by atoms with E-state index in [4.69, 9.17) is 4.74 Å². The van der Waals surface area contributed by atoms with Gasteiger partial charge in [-0.1, -0.05) is 33.1 Å². The molecule has 0 spiro atoms. The largest absolute Gasteiger partial charge is 0.454 e. The minimum absolute atomic E-state index is 0.0759. The van der Waals surface area contributed by atoms with Crippen molar-refractivity contribution < 1.29 is 28.7 Å². The van der Waals surface area contributed by atoms with Gasteiger partial charge < -0.3 is 20.7 Å². The molecule has 10 heteroatoms. The van der Waals surface area contributed by atoms with Gasteiger partial charge in [0, 0.05) is 30.8 Å². The van der Waals surface area contributed by atoms with Gasteiger partial charge in [-0.15, -0.1) is 0 Å². The molecule has 2 heterocycles. The first-order valence-corrected chi connectivity index (χ1v) is 12.8. The summed E-state index contributed by atoms with van der Waals surface area (Å²) in [5, 5.41) is 7.99. The summed E-state index contributed by atoms with van der Waals surface area (Å²) in [6, 6.07) is 2.07. The number of aromatic nitrogens is 1. The van der Waals surface area contributed by atoms with E-state index in [2.05, 4.69) is 34.8 Å². The Morgan fingerprint density at radius 3 is 2.50 bits per heavy atom. The number of rotatable bonds is 10. The maximum Gasteiger partial charge on any atom is 0.340 e. The topological polar surface area (TPSA) is 144 Å². The highest BCUT2D eigenvalue weighted by atomic mass is 16.5. The smallest absolute Gasteiger partial charge is 0.340 e. The lowest BCUT2D eigenvalue weighted by Gasteiger charge is -2.26. The number of amides is 3. The molecule has 1 aliphatic carbocycles. The second-order valence-electron chi connectivity index (χ2n) is 9.18. The molecule has 1 aromatic heterocycles. The summed E-state index contributed by atoms with van der Waals surface area (Å²) in [7, 11) is 0. The molecule has 0 bridgehead atoms. The SMILES string of the molecule is CCC.O=C(CNC(=O)C1CCCC1)N[C@@H](C[C@@H]1CCCNC1=O)C(=O)COC(=O)c1cccnc1. The lowest BCUT2D eigenvalue weighted by Crippen LogP contribution is -2.49. The van der Waals surface area contributed by atoms with Crippen LogP contribution in [-0.4, -0.2) is 60.2 Å². The average Bonchev–Trinajstić information content (AvgIpc) is 3.43. The number of ketones is 1. The molecule has 0 aromatic carbocycles. The van der Waals surface area contributed by atoms with E-state index < -0.39 is 36.2 Å². The molecule has 1 aromatic rings. The predicted octanol–water partition coefficient (Wildman–Crippen LogP) is 1.93. The molecule has 36 heavy (non-hydrogen) atoms. The number of carbonyl (C=O) groups excluding carboxylic acids is 5. The maximum absolute atomic E-state index is 12.8. The molecule has 2 atom stereocenters. The Morgan fingerprint density at radius 2 is 1.86 bits per heavy atom. The zero-order valence-electron chi connectivity index (χ0n) is 21.2. The van der Waals surface area contributed by atoms with Gasteiger partial charge in [-0.2, -0.15) is 0 Å². The zero-order valence-corrected chi connectivity index (χ0v) is 21.2. The molecule has 0 unspecified atom stereocenters. The van der Waals surface area contributed by atoms with Crippen LogP contribution in [0.3, 0.4) is 0 Å². The monoisotopic (exact) mass is 502 g/mol. The number of ether oxygens (including phenoxy) is 1. The van der Waals surface area contributed by atoms with Crippen LogP contribution < -0.4 is 16.0 Å². The Balaban J connectivity index is 0.00000145. The van der Waals surface area contributed by atoms with Crippen LogP contribution in [0.15, 0.2) is 24.5 Å². The molecule has 1 aliphatic heterocycles. The first-order valence-electron chi connectivity index (χ1n) is 12.8. The van der Waals surface area contributed by atoms with Crippen LogP contribution >= 0.6 is 0 Å². The van der Waals surface area contributed by atoms with Gasteiger partial charge in [0.1, 0.15) is 0 Å². The highest BCUT2D eigenvalue weighted by molar-refractivity contribution is 5.95. The molecule has 1 saturated carbocycles. The van der Waals surface area contributed by atoms with Crippen molar-refractivity contribution in [2.75, 3.05) is 19.7 Å². The molecular formula is C26H38N4O6. The fourth-order valence-corrected chi connectivity index (χ4v) is 4.16. The first kappa shape index (κ1) is 28.9. The van der Waals surface area contributed by atoms with E-state index in [0.29, 0.717) is 13.0 Å². The van der Waals surface area contributed by atoms with Gasteiger partial charge in [0.25, 0.3) is 0 Å². The van der Waals surface area contributed by atoms with E-state index in [1.807, 2.05) is 0 Å². The molecule has 3 rings (SSSR count). The number of hydrogen-bond donors (Lipinski definition) is 3. The summed E-state index contributed by atoms with van der Waals surface area (Å²) in [5.74, 6) is -2.61. The number of hydrogen-bond acceptors (Lipinski definition) is 7. The third-order valence-corrected chi connectivity index (χ3v) is 6.04. The number of esters is 1. The van der Waals surface area contributed by atoms with E-state index in [9.17, 15) is 24.0 Å². The van der Waals surface area contributed by atoms with E-state index in [0.717, 1.165) is 32.1 Å². The minimum atomic E-state index is -1.02. The Morgan fingerprint density at radius 1 is 1.14 bits per heavy atom. The minimum Gasteiger partial charge on any atom is -0.454 e. The van der Waals surface area contributed by atoms with Gasteiger partial charge in [-0.05, 0) is 44.2 Å². The van der Waals surface area contributed by atoms with Crippen molar-refractivity contribution >= 4 is 29.5 Å². The number of Topliss-reactive ketones (excluding diaryl/α,β-unsaturated/α-hetero) is 1. The summed E-state index contributed by atoms with van der Waals surface area (Å²) in [6.45, 7) is 4.02. The third-order valence-electron chi connectivity index (χ3n) is 6.04. The van der Waals surface area contributed by atoms with Gasteiger partial charge in [-0.3, -0.25) is 24.2 Å². The van der Waals surface area contributed by atoms with E-state index in [-0.39, 0.29) is 36.3 Å². The summed E-state index contributed by atoms with van der Waals surface area (Å²) >= 11 is 0. The molecule has 0 radical (unpaired) electrons. The predicted molar refractivity (Wildman–Crippen MR) is 133 cm³/mol. The van der Waals surface area contributed by atoms with Crippen molar-refractivity contribution in [3.63, 3.8) is 0 Å². The fourth-order valence-electron chi connectivity index (χ4n) is 4.16. The average molecular weight is 503 g/mol. The lowest BCUT2D eigenvalue weighted by molar-refractivity contribution is -0.132. The molecule has 10 nitrogen and oxygen atoms in total. The second-order valence-corrected chi connectivity index (χ2v) is 9.18. The van der Waals surface area contributed by atoms with Crippen molar-refractivity contribution in [2.45, 2.75) is 71.3 Å². The molecule has 2 aliphatic rings. The van der Waals surface area contributed by atoms with Crippen molar-refractivity contribution in [3.05, 3.63) is 30.1 Å². The van der Waals surface area contributed by atoms with Gasteiger partial charge >= 0.3 is 5.97 Å². The quantitative estimate of drug-likeness (QED) is 0.415. The van der Waals surface area contributed by atoms with Crippen molar-refractivity contribution in [1.82, 2.24) is 20.9 Å². The van der Waals surface area contributed by atoms with E-state index >= 15 is 0 Å². The molecule has 198 valence electrons. The van der Waals surface area contributed by atoms with E-state index in [1.54, 1.807) is 6.07 Å². The van der Waals surface area contributed by atoms with Gasteiger partial charge in [-0.25, -0.2) is 4.79 Å². The van der Waals surface area contributed by atoms with Crippen LogP contribution in [0.4, 0.5) is 0 Å². The van der Waals surface area contributed by atoms with Gasteiger partial charge in [0.05, 0.1) is 18.2 Å². The van der Waals surface area contributed by atoms with Gasteiger partial charge in [0.15, 0.2) is 12.4 Å². The van der Waals surface area contributed by atoms with Crippen LogP contribution in [0.1, 0.15) is 75.6 Å². The summed E-state index contributed by atoms with van der Waals surface area (Å²) in [5.41, 5.74) is 0.201. The zero-order chi connectivity index (χ0) is 26.3. The number of piperidine rings is 1. The highest BCUT2D eigenvalue weighted by Gasteiger charge is 2.31. The molecule has 3 N–H and O–H groups in total. The fraction of sp³-hybridized carbons (Fsp3) is 0.615. The molecular weight excluding hydrogens is 464 g/mol. The summed E-state index contributed by atoms with van der Waals surface area (Å²) < 4.78 is 5.08. The third kappa shape index (κ3) is 9.75. The van der Waals surface area contributed by atoms with Crippen molar-refractivity contribution in [2.24, 2.45) is 11.8 Å². The Hall–Kier alpha value is -3.30. The Kier molecular flexibility index (Phi) is 12.6. The van der Waals surface area contributed by atoms with Crippen molar-refractivity contribution in [3.8, 4) is 0 Å². The van der Waals surface area contributed by atoms with Crippen LogP contribution in [-0.2, 0) is 23.9 Å². The number of pyridine rings is 1. The lowest BCUT2D eigenvalue weighted by atomic mass is 9.90. The van der Waals surface area contributed by atoms with Crippen molar-refractivity contribution in [1.29, 1.82) is 0 Å². The Labute approximate surface area is 212 Å². The van der Waals surface area contributed by atoms with Crippen LogP contribution in [0.25, 0.3) is 0 Å². The van der Waals surface area contributed by atoms with Crippen LogP contribution in [0.5, 0.6) is 0 Å². The molecule has 2 fully saturated rings. The summed E-state index contributed by atoms with van der Waals surface area (Å²) in [6.07, 6.45) is 9.18. The standard InChI is InChI=1S/C23H30N4O6.C3H8/c28-19(14-33-23(32)17-8-3-9-24-12-17)18(11-16-7-4-10-25-22(16)31)27-20(29)13-26-21(30)15-5-1-2-6-15;1-3-2/h3,8-9,12,15-16,18H,1-2,4-7,10-11,13-14H2,(H,25,31)(H,26,30)(H,27,29);3H2,1-2H3/t16-,18-;/m0./s1. The number of carbonyl (C=O) groups is 5. The number of nitrogens with one attached hydrogen (secondary N) is 3. The molecule has 1 saturated heterocycles. The normalized spacial score (nSPS) is 18.2. The van der Waals surface area contributed by atoms with Gasteiger partial charge in [0.2, 0.25) is 17.7 Å². The number of nitrogens with zero attached hydrogens (tertiary/aromatic N) is 1. The maximum atomic E-state index is 12.8. The van der Waals surface area contributed by atoms with Crippen LogP contribution in [0.2, 0.25) is 0 Å². The molecule has 3 amide bonds. The second kappa shape index (κ2) is 15.6. The highest BCUT2D eigenvalue weighted by Crippen LogP contribution is 2.24. The summed E-state index contributed by atoms with van der Waals surface area (Å²) in [4.78, 5) is 65.6. The van der Waals surface area contributed by atoms with E-state index in [1.165, 1.54) is 24.9 Å². The van der Waals surface area contributed by atoms with Crippen LogP contribution in [0, 0.1) is 11.8 Å².